The third-order valence-corrected chi connectivity index (χ3v) is 6.40. The summed E-state index contributed by atoms with van der Waals surface area (Å²) < 4.78 is 0. The van der Waals surface area contributed by atoms with E-state index in [1.165, 1.54) is 0 Å². The van der Waals surface area contributed by atoms with Gasteiger partial charge in [-0.05, 0) is 60.0 Å². The molecule has 0 aliphatic carbocycles. The second kappa shape index (κ2) is 14.4. The summed E-state index contributed by atoms with van der Waals surface area (Å²) in [7, 11) is 4.12. The molecular weight excluding hydrogens is 406 g/mol. The summed E-state index contributed by atoms with van der Waals surface area (Å²) in [6.07, 6.45) is 10.2. The molecule has 31 heavy (non-hydrogen) atoms. The fourth-order valence-corrected chi connectivity index (χ4v) is 4.38. The van der Waals surface area contributed by atoms with E-state index >= 15 is 0 Å². The molecule has 7 heteroatoms. The first-order valence-electron chi connectivity index (χ1n) is 11.1. The first-order valence-corrected chi connectivity index (χ1v) is 11.9. The molecule has 0 saturated carbocycles. The number of aliphatic hydroxyl groups excluding tert-OH is 1. The largest absolute Gasteiger partial charge is 0.395 e. The molecule has 1 aromatic rings. The normalized spacial score (nSPS) is 14.8. The molecule has 0 amide bonds. The highest BCUT2D eigenvalue weighted by atomic mass is 32.1. The van der Waals surface area contributed by atoms with Gasteiger partial charge in [-0.2, -0.15) is 0 Å². The Bertz CT molecular complexity index is 751. The Morgan fingerprint density at radius 2 is 1.90 bits per heavy atom. The maximum absolute atomic E-state index is 9.08. The molecule has 0 saturated heterocycles. The predicted molar refractivity (Wildman–Crippen MR) is 136 cm³/mol. The van der Waals surface area contributed by atoms with E-state index in [9.17, 15) is 0 Å². The van der Waals surface area contributed by atoms with Crippen molar-refractivity contribution in [3.05, 3.63) is 39.9 Å². The molecule has 0 fully saturated rings. The molecule has 1 N–H and O–H groups in total. The number of thiazole rings is 1. The molecule has 0 radical (unpaired) electrons. The number of rotatable bonds is 14. The van der Waals surface area contributed by atoms with Gasteiger partial charge in [-0.3, -0.25) is 19.8 Å². The van der Waals surface area contributed by atoms with Crippen LogP contribution in [0.15, 0.2) is 34.3 Å². The molecule has 0 aromatic carbocycles. The van der Waals surface area contributed by atoms with Crippen LogP contribution in [-0.4, -0.2) is 77.8 Å². The first kappa shape index (κ1) is 27.4. The number of aliphatic imine (C=N–C) groups is 2. The van der Waals surface area contributed by atoms with Crippen LogP contribution < -0.4 is 0 Å². The minimum absolute atomic E-state index is 0.00856. The zero-order valence-electron chi connectivity index (χ0n) is 20.4. The number of nitrogens with zero attached hydrogens (tertiary/aromatic N) is 5. The zero-order valence-corrected chi connectivity index (χ0v) is 21.2. The fourth-order valence-electron chi connectivity index (χ4n) is 3.35. The molecule has 1 heterocycles. The Morgan fingerprint density at radius 3 is 2.45 bits per heavy atom. The van der Waals surface area contributed by atoms with Gasteiger partial charge in [-0.1, -0.05) is 32.1 Å². The number of hydrogen-bond acceptors (Lipinski definition) is 7. The van der Waals surface area contributed by atoms with Crippen molar-refractivity contribution in [1.82, 2.24) is 14.8 Å². The average molecular weight is 448 g/mol. The minimum Gasteiger partial charge on any atom is -0.395 e. The van der Waals surface area contributed by atoms with Crippen molar-refractivity contribution in [3.8, 4) is 0 Å². The summed E-state index contributed by atoms with van der Waals surface area (Å²) in [5.74, 6) is 0. The summed E-state index contributed by atoms with van der Waals surface area (Å²) in [5.41, 5.74) is 1.97. The van der Waals surface area contributed by atoms with Crippen molar-refractivity contribution in [2.24, 2.45) is 9.98 Å². The smallest absolute Gasteiger partial charge is 0.120 e. The van der Waals surface area contributed by atoms with Crippen LogP contribution in [0, 0.1) is 6.92 Å². The second-order valence-electron chi connectivity index (χ2n) is 7.93. The molecule has 6 nitrogen and oxygen atoms in total. The van der Waals surface area contributed by atoms with E-state index in [2.05, 4.69) is 59.4 Å². The third kappa shape index (κ3) is 9.15. The lowest BCUT2D eigenvalue weighted by atomic mass is 10.1. The number of hydrogen-bond donors (Lipinski definition) is 1. The van der Waals surface area contributed by atoms with Crippen molar-refractivity contribution in [3.63, 3.8) is 0 Å². The van der Waals surface area contributed by atoms with E-state index in [0.29, 0.717) is 12.6 Å². The van der Waals surface area contributed by atoms with Crippen LogP contribution in [0.3, 0.4) is 0 Å². The Labute approximate surface area is 193 Å². The summed E-state index contributed by atoms with van der Waals surface area (Å²) in [6.45, 7) is 16.0. The summed E-state index contributed by atoms with van der Waals surface area (Å²) in [4.78, 5) is 19.5. The van der Waals surface area contributed by atoms with Crippen LogP contribution in [0.25, 0.3) is 0 Å². The molecule has 2 unspecified atom stereocenters. The number of aliphatic hydroxyl groups is 1. The van der Waals surface area contributed by atoms with Gasteiger partial charge in [-0.25, -0.2) is 4.98 Å². The Balaban J connectivity index is 2.98. The Kier molecular flexibility index (Phi) is 12.7. The SMILES string of the molecule is C=C(C)C(C=CC(/N=C/C)N(C)C(CC)CC)N=Cc1sc(CN(C)CCO)nc1C. The molecule has 2 atom stereocenters. The van der Waals surface area contributed by atoms with Crippen molar-refractivity contribution in [2.75, 3.05) is 27.2 Å². The lowest BCUT2D eigenvalue weighted by Crippen LogP contribution is -2.37. The third-order valence-electron chi connectivity index (χ3n) is 5.32. The predicted octanol–water partition coefficient (Wildman–Crippen LogP) is 4.33. The van der Waals surface area contributed by atoms with E-state index in [4.69, 9.17) is 10.1 Å². The topological polar surface area (TPSA) is 64.3 Å². The second-order valence-corrected chi connectivity index (χ2v) is 9.04. The minimum atomic E-state index is -0.105. The monoisotopic (exact) mass is 447 g/mol. The van der Waals surface area contributed by atoms with E-state index in [1.807, 2.05) is 40.2 Å². The van der Waals surface area contributed by atoms with Crippen molar-refractivity contribution in [1.29, 1.82) is 0 Å². The van der Waals surface area contributed by atoms with Gasteiger partial charge >= 0.3 is 0 Å². The van der Waals surface area contributed by atoms with E-state index in [0.717, 1.165) is 40.5 Å². The molecule has 174 valence electrons. The maximum atomic E-state index is 9.08. The number of likely N-dealkylation sites (N-methyl/N-ethyl adjacent to an activating group) is 2. The van der Waals surface area contributed by atoms with E-state index < -0.39 is 0 Å². The lowest BCUT2D eigenvalue weighted by molar-refractivity contribution is 0.196. The highest BCUT2D eigenvalue weighted by Crippen LogP contribution is 2.19. The molecule has 1 aromatic heterocycles. The highest BCUT2D eigenvalue weighted by molar-refractivity contribution is 7.13. The quantitative estimate of drug-likeness (QED) is 0.340. The maximum Gasteiger partial charge on any atom is 0.120 e. The first-order chi connectivity index (χ1) is 14.8. The average Bonchev–Trinajstić information content (AvgIpc) is 3.06. The van der Waals surface area contributed by atoms with Crippen molar-refractivity contribution < 1.29 is 5.11 Å². The lowest BCUT2D eigenvalue weighted by Gasteiger charge is -2.30. The summed E-state index contributed by atoms with van der Waals surface area (Å²) in [5, 5.41) is 10.1. The van der Waals surface area contributed by atoms with Crippen LogP contribution >= 0.6 is 11.3 Å². The molecular formula is C24H41N5OS. The van der Waals surface area contributed by atoms with Crippen LogP contribution in [0.5, 0.6) is 0 Å². The highest BCUT2D eigenvalue weighted by Gasteiger charge is 2.17. The van der Waals surface area contributed by atoms with Crippen LogP contribution in [-0.2, 0) is 6.54 Å². The van der Waals surface area contributed by atoms with Crippen LogP contribution in [0.4, 0.5) is 0 Å². The molecule has 0 bridgehead atoms. The summed E-state index contributed by atoms with van der Waals surface area (Å²) in [6, 6.07) is 0.388. The van der Waals surface area contributed by atoms with Gasteiger partial charge in [0.05, 0.1) is 29.8 Å². The number of aryl methyl sites for hydroxylation is 1. The standard InChI is InChI=1S/C24H41N5OS/c1-9-20(10-2)29(8)23(25-11-3)13-12-21(18(4)5)26-16-22-19(6)27-24(31-22)17-28(7)14-15-30/h11-13,16,20-21,23,30H,4,9-10,14-15,17H2,1-3,5-8H3/b13-12?,25-11+,26-16?. The summed E-state index contributed by atoms with van der Waals surface area (Å²) >= 11 is 1.65. The molecule has 0 aliphatic heterocycles. The van der Waals surface area contributed by atoms with Gasteiger partial charge in [0, 0.05) is 18.8 Å². The Hall–Kier alpha value is -1.67. The molecule has 1 rings (SSSR count). The Morgan fingerprint density at radius 1 is 1.23 bits per heavy atom. The van der Waals surface area contributed by atoms with Crippen LogP contribution in [0.2, 0.25) is 0 Å². The van der Waals surface area contributed by atoms with Gasteiger partial charge in [0.15, 0.2) is 0 Å². The molecule has 0 aliphatic rings. The van der Waals surface area contributed by atoms with Gasteiger partial charge in [-0.15, -0.1) is 11.3 Å². The molecule has 0 spiro atoms. The van der Waals surface area contributed by atoms with Gasteiger partial charge in [0.2, 0.25) is 0 Å². The van der Waals surface area contributed by atoms with Crippen molar-refractivity contribution in [2.45, 2.75) is 72.3 Å². The van der Waals surface area contributed by atoms with Crippen LogP contribution in [0.1, 0.15) is 56.1 Å². The number of aromatic nitrogens is 1. The van der Waals surface area contributed by atoms with Gasteiger partial charge in [0.25, 0.3) is 0 Å². The van der Waals surface area contributed by atoms with E-state index in [1.54, 1.807) is 11.3 Å². The fraction of sp³-hybridized carbons (Fsp3) is 0.625. The van der Waals surface area contributed by atoms with Gasteiger partial charge < -0.3 is 5.11 Å². The van der Waals surface area contributed by atoms with Gasteiger partial charge in [0.1, 0.15) is 11.2 Å². The van der Waals surface area contributed by atoms with Crippen molar-refractivity contribution >= 4 is 23.8 Å². The zero-order chi connectivity index (χ0) is 23.4. The van der Waals surface area contributed by atoms with E-state index in [-0.39, 0.29) is 18.8 Å².